The van der Waals surface area contributed by atoms with Crippen molar-refractivity contribution in [2.24, 2.45) is 0 Å². The molecule has 0 aliphatic carbocycles. The number of hydrogen-bond donors (Lipinski definition) is 4. The Hall–Kier alpha value is -2.97. The van der Waals surface area contributed by atoms with Crippen molar-refractivity contribution in [1.29, 1.82) is 0 Å². The number of aromatic nitrogens is 1. The zero-order chi connectivity index (χ0) is 19.8. The Morgan fingerprint density at radius 3 is 2.52 bits per heavy atom. The van der Waals surface area contributed by atoms with Gasteiger partial charge in [0, 0.05) is 31.5 Å². The maximum Gasteiger partial charge on any atom is 0.250 e. The molecule has 2 atom stereocenters. The van der Waals surface area contributed by atoms with E-state index < -0.39 is 5.54 Å². The summed E-state index contributed by atoms with van der Waals surface area (Å²) in [6.45, 7) is 1.11. The largest absolute Gasteiger partial charge is 0.369 e. The first-order valence-corrected chi connectivity index (χ1v) is 10.0. The fourth-order valence-electron chi connectivity index (χ4n) is 4.47. The number of carbonyl (C=O) groups excluding carboxylic acids is 2. The summed E-state index contributed by atoms with van der Waals surface area (Å²) in [7, 11) is 0. The molecule has 1 spiro atoms. The van der Waals surface area contributed by atoms with Crippen molar-refractivity contribution in [3.8, 4) is 0 Å². The number of piperidine rings is 1. The first kappa shape index (κ1) is 18.1. The van der Waals surface area contributed by atoms with Gasteiger partial charge in [-0.2, -0.15) is 0 Å². The van der Waals surface area contributed by atoms with Gasteiger partial charge in [0.2, 0.25) is 11.8 Å². The highest BCUT2D eigenvalue weighted by Crippen LogP contribution is 2.36. The molecule has 0 saturated carbocycles. The Bertz CT molecular complexity index is 926. The molecule has 0 radical (unpaired) electrons. The fraction of sp³-hybridized carbons (Fsp3) is 0.381. The van der Waals surface area contributed by atoms with E-state index in [1.807, 2.05) is 41.3 Å². The summed E-state index contributed by atoms with van der Waals surface area (Å²) < 4.78 is 0. The van der Waals surface area contributed by atoms with Gasteiger partial charge in [-0.05, 0) is 49.1 Å². The normalized spacial score (nSPS) is 25.2. The molecule has 150 valence electrons. The monoisotopic (exact) mass is 392 g/mol. The number of pyridine rings is 1. The lowest BCUT2D eigenvalue weighted by atomic mass is 9.84. The molecule has 3 aliphatic rings. The molecule has 4 heterocycles. The first-order chi connectivity index (χ1) is 14.1. The van der Waals surface area contributed by atoms with Gasteiger partial charge in [0.25, 0.3) is 0 Å². The average molecular weight is 392 g/mol. The van der Waals surface area contributed by atoms with E-state index in [0.717, 1.165) is 16.9 Å². The van der Waals surface area contributed by atoms with Crippen LogP contribution in [0, 0.1) is 0 Å². The van der Waals surface area contributed by atoms with E-state index in [9.17, 15) is 9.59 Å². The highest BCUT2D eigenvalue weighted by molar-refractivity contribution is 6.06. The molecule has 2 aromatic rings. The molecule has 2 amide bonds. The van der Waals surface area contributed by atoms with E-state index in [1.54, 1.807) is 12.4 Å². The molecule has 3 aliphatic heterocycles. The van der Waals surface area contributed by atoms with Crippen LogP contribution in [0.15, 0.2) is 48.8 Å². The van der Waals surface area contributed by atoms with Crippen molar-refractivity contribution >= 4 is 23.2 Å². The second kappa shape index (κ2) is 7.13. The van der Waals surface area contributed by atoms with Crippen molar-refractivity contribution in [2.75, 3.05) is 23.7 Å². The Morgan fingerprint density at radius 1 is 1.03 bits per heavy atom. The highest BCUT2D eigenvalue weighted by atomic mass is 16.2. The number of nitrogens with one attached hydrogen (secondary N) is 4. The molecule has 1 aromatic heterocycles. The van der Waals surface area contributed by atoms with Crippen LogP contribution in [0.1, 0.15) is 30.9 Å². The summed E-state index contributed by atoms with van der Waals surface area (Å²) in [5.41, 5.74) is 8.57. The van der Waals surface area contributed by atoms with Crippen molar-refractivity contribution in [2.45, 2.75) is 36.9 Å². The summed E-state index contributed by atoms with van der Waals surface area (Å²) >= 11 is 0. The van der Waals surface area contributed by atoms with Crippen molar-refractivity contribution < 1.29 is 9.59 Å². The predicted molar refractivity (Wildman–Crippen MR) is 109 cm³/mol. The van der Waals surface area contributed by atoms with E-state index in [0.29, 0.717) is 32.4 Å². The van der Waals surface area contributed by atoms with Crippen LogP contribution in [0.5, 0.6) is 0 Å². The number of hydrazine groups is 1. The van der Waals surface area contributed by atoms with Crippen LogP contribution in [-0.2, 0) is 9.59 Å². The summed E-state index contributed by atoms with van der Waals surface area (Å²) in [5, 5.41) is 6.45. The zero-order valence-corrected chi connectivity index (χ0v) is 16.0. The third-order valence-corrected chi connectivity index (χ3v) is 6.22. The van der Waals surface area contributed by atoms with Crippen molar-refractivity contribution in [3.63, 3.8) is 0 Å². The number of anilines is 2. The smallest absolute Gasteiger partial charge is 0.250 e. The van der Waals surface area contributed by atoms with Crippen LogP contribution >= 0.6 is 0 Å². The summed E-state index contributed by atoms with van der Waals surface area (Å²) in [6.07, 6.45) is 5.39. The Morgan fingerprint density at radius 2 is 1.76 bits per heavy atom. The minimum atomic E-state index is -0.647. The van der Waals surface area contributed by atoms with E-state index >= 15 is 0 Å². The van der Waals surface area contributed by atoms with Crippen molar-refractivity contribution in [3.05, 3.63) is 54.4 Å². The summed E-state index contributed by atoms with van der Waals surface area (Å²) in [6, 6.07) is 11.5. The molecule has 1 aromatic carbocycles. The Kier molecular flexibility index (Phi) is 4.44. The summed E-state index contributed by atoms with van der Waals surface area (Å²) in [4.78, 5) is 31.7. The fourth-order valence-corrected chi connectivity index (χ4v) is 4.47. The number of benzene rings is 1. The van der Waals surface area contributed by atoms with Gasteiger partial charge in [-0.15, -0.1) is 0 Å². The van der Waals surface area contributed by atoms with E-state index in [4.69, 9.17) is 0 Å². The standard InChI is InChI=1S/C21H24N6O2/c28-19(18-13-17(25-26-18)14-5-9-22-10-6-14)27-11-7-21(8-12-27)20(29)23-15-3-1-2-4-16(15)24-21/h1-6,9-10,17-18,24-26H,7-8,11-13H2,(H,23,29). The lowest BCUT2D eigenvalue weighted by molar-refractivity contribution is -0.136. The van der Waals surface area contributed by atoms with Gasteiger partial charge in [-0.3, -0.25) is 14.6 Å². The minimum absolute atomic E-state index is 0.0123. The number of nitrogens with zero attached hydrogens (tertiary/aromatic N) is 2. The second-order valence-electron chi connectivity index (χ2n) is 7.94. The van der Waals surface area contributed by atoms with Crippen LogP contribution in [0.3, 0.4) is 0 Å². The number of amides is 2. The molecule has 4 N–H and O–H groups in total. The lowest BCUT2D eigenvalue weighted by Gasteiger charge is -2.44. The molecule has 0 bridgehead atoms. The van der Waals surface area contributed by atoms with Gasteiger partial charge in [0.15, 0.2) is 0 Å². The van der Waals surface area contributed by atoms with Crippen LogP contribution in [-0.4, -0.2) is 46.4 Å². The van der Waals surface area contributed by atoms with Crippen LogP contribution in [0.4, 0.5) is 11.4 Å². The maximum atomic E-state index is 13.0. The van der Waals surface area contributed by atoms with Gasteiger partial charge in [-0.25, -0.2) is 10.9 Å². The quantitative estimate of drug-likeness (QED) is 0.617. The van der Waals surface area contributed by atoms with Gasteiger partial charge in [-0.1, -0.05) is 12.1 Å². The molecule has 5 rings (SSSR count). The third-order valence-electron chi connectivity index (χ3n) is 6.22. The Labute approximate surface area is 169 Å². The highest BCUT2D eigenvalue weighted by Gasteiger charge is 2.46. The molecule has 29 heavy (non-hydrogen) atoms. The first-order valence-electron chi connectivity index (χ1n) is 10.0. The second-order valence-corrected chi connectivity index (χ2v) is 7.94. The number of fused-ring (bicyclic) bond motifs is 1. The summed E-state index contributed by atoms with van der Waals surface area (Å²) in [5.74, 6) is 0.0715. The number of hydrogen-bond acceptors (Lipinski definition) is 6. The molecular weight excluding hydrogens is 368 g/mol. The van der Waals surface area contributed by atoms with Gasteiger partial charge in [0.05, 0.1) is 11.4 Å². The Balaban J connectivity index is 1.22. The minimum Gasteiger partial charge on any atom is -0.369 e. The van der Waals surface area contributed by atoms with E-state index in [-0.39, 0.29) is 23.9 Å². The van der Waals surface area contributed by atoms with Crippen LogP contribution < -0.4 is 21.5 Å². The topological polar surface area (TPSA) is 98.4 Å². The lowest BCUT2D eigenvalue weighted by Crippen LogP contribution is -2.60. The zero-order valence-electron chi connectivity index (χ0n) is 16.0. The molecule has 2 saturated heterocycles. The van der Waals surface area contributed by atoms with E-state index in [1.165, 1.54) is 0 Å². The average Bonchev–Trinajstić information content (AvgIpc) is 3.26. The SMILES string of the molecule is O=C(C1CC(c2ccncc2)NN1)N1CCC2(CC1)Nc1ccccc1NC2=O. The molecule has 8 heteroatoms. The molecule has 2 unspecified atom stereocenters. The van der Waals surface area contributed by atoms with Gasteiger partial charge < -0.3 is 15.5 Å². The van der Waals surface area contributed by atoms with Gasteiger partial charge >= 0.3 is 0 Å². The number of carbonyl (C=O) groups is 2. The van der Waals surface area contributed by atoms with Crippen molar-refractivity contribution in [1.82, 2.24) is 20.7 Å². The maximum absolute atomic E-state index is 13.0. The third kappa shape index (κ3) is 3.24. The molecule has 8 nitrogen and oxygen atoms in total. The van der Waals surface area contributed by atoms with Gasteiger partial charge in [0.1, 0.15) is 11.6 Å². The predicted octanol–water partition coefficient (Wildman–Crippen LogP) is 1.41. The number of likely N-dealkylation sites (tertiary alicyclic amines) is 1. The molecule has 2 fully saturated rings. The number of para-hydroxylation sites is 2. The number of rotatable bonds is 2. The molecular formula is C21H24N6O2. The van der Waals surface area contributed by atoms with Crippen LogP contribution in [0.2, 0.25) is 0 Å². The van der Waals surface area contributed by atoms with E-state index in [2.05, 4.69) is 26.5 Å². The van der Waals surface area contributed by atoms with Crippen LogP contribution in [0.25, 0.3) is 0 Å².